The van der Waals surface area contributed by atoms with Crippen molar-refractivity contribution in [2.24, 2.45) is 0 Å². The van der Waals surface area contributed by atoms with Gasteiger partial charge < -0.3 is 14.2 Å². The summed E-state index contributed by atoms with van der Waals surface area (Å²) in [5, 5.41) is 0. The van der Waals surface area contributed by atoms with Crippen LogP contribution in [0.4, 0.5) is 0 Å². The Morgan fingerprint density at radius 3 is 0.829 bits per heavy atom. The van der Waals surface area contributed by atoms with Crippen LogP contribution in [0, 0.1) is 0 Å². The fourth-order valence-electron chi connectivity index (χ4n) is 8.23. The van der Waals surface area contributed by atoms with Gasteiger partial charge in [-0.25, -0.2) is 0 Å². The number of carbonyl (C=O) groups is 3. The van der Waals surface area contributed by atoms with Crippen LogP contribution >= 0.6 is 0 Å². The highest BCUT2D eigenvalue weighted by molar-refractivity contribution is 5.71. The Bertz CT molecular complexity index is 1630. The lowest BCUT2D eigenvalue weighted by Gasteiger charge is -2.18. The summed E-state index contributed by atoms with van der Waals surface area (Å²) in [5.41, 5.74) is 0. The van der Waals surface area contributed by atoms with Crippen molar-refractivity contribution in [3.05, 3.63) is 134 Å². The molecular formula is C70H114O6. The fourth-order valence-corrected chi connectivity index (χ4v) is 8.23. The minimum absolute atomic E-state index is 0.0977. The van der Waals surface area contributed by atoms with Crippen LogP contribution in [0.3, 0.4) is 0 Å². The maximum atomic E-state index is 12.9. The molecule has 0 amide bonds. The van der Waals surface area contributed by atoms with Crippen LogP contribution in [0.2, 0.25) is 0 Å². The highest BCUT2D eigenvalue weighted by atomic mass is 16.6. The zero-order valence-corrected chi connectivity index (χ0v) is 49.2. The molecule has 0 heterocycles. The van der Waals surface area contributed by atoms with E-state index in [4.69, 9.17) is 14.2 Å². The van der Waals surface area contributed by atoms with Gasteiger partial charge in [-0.05, 0) is 122 Å². The van der Waals surface area contributed by atoms with E-state index < -0.39 is 6.10 Å². The highest BCUT2D eigenvalue weighted by Crippen LogP contribution is 2.14. The van der Waals surface area contributed by atoms with Crippen molar-refractivity contribution < 1.29 is 28.6 Å². The predicted molar refractivity (Wildman–Crippen MR) is 329 cm³/mol. The second-order valence-electron chi connectivity index (χ2n) is 20.2. The van der Waals surface area contributed by atoms with Crippen LogP contribution in [0.5, 0.6) is 0 Å². The number of carbonyl (C=O) groups excluding carboxylic acids is 3. The molecule has 0 aromatic carbocycles. The molecule has 430 valence electrons. The minimum atomic E-state index is -0.803. The Kier molecular flexibility index (Phi) is 59.4. The van der Waals surface area contributed by atoms with Crippen LogP contribution in [-0.2, 0) is 28.6 Å². The van der Waals surface area contributed by atoms with Crippen molar-refractivity contribution in [2.75, 3.05) is 13.2 Å². The molecule has 0 N–H and O–H groups in total. The summed E-state index contributed by atoms with van der Waals surface area (Å²) in [6.07, 6.45) is 88.9. The first-order valence-corrected chi connectivity index (χ1v) is 31.2. The molecule has 0 fully saturated rings. The number of ether oxygens (including phenoxy) is 3. The summed E-state index contributed by atoms with van der Waals surface area (Å²) < 4.78 is 16.8. The zero-order valence-electron chi connectivity index (χ0n) is 49.2. The predicted octanol–water partition coefficient (Wildman–Crippen LogP) is 21.4. The lowest BCUT2D eigenvalue weighted by Crippen LogP contribution is -2.30. The quantitative estimate of drug-likeness (QED) is 0.0261. The summed E-state index contributed by atoms with van der Waals surface area (Å²) in [4.78, 5) is 38.1. The second kappa shape index (κ2) is 63.1. The second-order valence-corrected chi connectivity index (χ2v) is 20.2. The van der Waals surface area contributed by atoms with Gasteiger partial charge in [-0.15, -0.1) is 0 Å². The van der Waals surface area contributed by atoms with E-state index in [9.17, 15) is 14.4 Å². The van der Waals surface area contributed by atoms with E-state index in [1.54, 1.807) is 0 Å². The van der Waals surface area contributed by atoms with Crippen LogP contribution in [0.25, 0.3) is 0 Å². The summed E-state index contributed by atoms with van der Waals surface area (Å²) in [7, 11) is 0. The van der Waals surface area contributed by atoms with Crippen LogP contribution in [0.15, 0.2) is 134 Å². The number of hydrogen-bond acceptors (Lipinski definition) is 6. The molecule has 0 aliphatic heterocycles. The molecule has 0 aliphatic carbocycles. The smallest absolute Gasteiger partial charge is 0.306 e. The van der Waals surface area contributed by atoms with Gasteiger partial charge in [0.15, 0.2) is 6.10 Å². The third kappa shape index (κ3) is 60.4. The maximum Gasteiger partial charge on any atom is 0.306 e. The van der Waals surface area contributed by atoms with Crippen molar-refractivity contribution in [1.29, 1.82) is 0 Å². The van der Waals surface area contributed by atoms with Crippen molar-refractivity contribution in [1.82, 2.24) is 0 Å². The van der Waals surface area contributed by atoms with Gasteiger partial charge in [-0.1, -0.05) is 264 Å². The van der Waals surface area contributed by atoms with Crippen molar-refractivity contribution in [3.63, 3.8) is 0 Å². The first-order valence-electron chi connectivity index (χ1n) is 31.2. The third-order valence-electron chi connectivity index (χ3n) is 12.9. The van der Waals surface area contributed by atoms with Gasteiger partial charge in [0.05, 0.1) is 0 Å². The van der Waals surface area contributed by atoms with Crippen molar-refractivity contribution in [3.8, 4) is 0 Å². The summed E-state index contributed by atoms with van der Waals surface area (Å²) in [5.74, 6) is -0.956. The summed E-state index contributed by atoms with van der Waals surface area (Å²) in [6, 6.07) is 0. The van der Waals surface area contributed by atoms with Gasteiger partial charge in [-0.3, -0.25) is 14.4 Å². The number of unbranched alkanes of at least 4 members (excludes halogenated alkanes) is 22. The third-order valence-corrected chi connectivity index (χ3v) is 12.9. The van der Waals surface area contributed by atoms with E-state index in [1.807, 2.05) is 0 Å². The molecule has 0 aromatic heterocycles. The molecule has 6 heteroatoms. The lowest BCUT2D eigenvalue weighted by molar-refractivity contribution is -0.167. The van der Waals surface area contributed by atoms with E-state index >= 15 is 0 Å². The first-order chi connectivity index (χ1) is 37.5. The molecule has 0 spiro atoms. The largest absolute Gasteiger partial charge is 0.462 e. The Morgan fingerprint density at radius 1 is 0.276 bits per heavy atom. The van der Waals surface area contributed by atoms with Crippen LogP contribution in [0.1, 0.15) is 271 Å². The molecule has 1 unspecified atom stereocenters. The van der Waals surface area contributed by atoms with Crippen molar-refractivity contribution >= 4 is 17.9 Å². The fraction of sp³-hybridized carbons (Fsp3) is 0.643. The Hall–Kier alpha value is -4.45. The van der Waals surface area contributed by atoms with Gasteiger partial charge in [0, 0.05) is 19.3 Å². The normalized spacial score (nSPS) is 13.0. The summed E-state index contributed by atoms with van der Waals surface area (Å²) >= 11 is 0. The van der Waals surface area contributed by atoms with E-state index in [0.717, 1.165) is 122 Å². The Balaban J connectivity index is 4.34. The molecule has 0 aromatic rings. The molecule has 76 heavy (non-hydrogen) atoms. The molecule has 0 bridgehead atoms. The monoisotopic (exact) mass is 1050 g/mol. The molecule has 0 saturated heterocycles. The van der Waals surface area contributed by atoms with E-state index in [-0.39, 0.29) is 31.1 Å². The van der Waals surface area contributed by atoms with Gasteiger partial charge >= 0.3 is 17.9 Å². The van der Waals surface area contributed by atoms with Crippen LogP contribution in [-0.4, -0.2) is 37.2 Å². The molecule has 6 nitrogen and oxygen atoms in total. The Labute approximate surface area is 468 Å². The van der Waals surface area contributed by atoms with Gasteiger partial charge in [0.1, 0.15) is 13.2 Å². The molecular weight excluding hydrogens is 937 g/mol. The van der Waals surface area contributed by atoms with Gasteiger partial charge in [0.25, 0.3) is 0 Å². The minimum Gasteiger partial charge on any atom is -0.462 e. The number of esters is 3. The van der Waals surface area contributed by atoms with Crippen molar-refractivity contribution in [2.45, 2.75) is 277 Å². The first kappa shape index (κ1) is 71.5. The topological polar surface area (TPSA) is 78.9 Å². The van der Waals surface area contributed by atoms with Crippen LogP contribution < -0.4 is 0 Å². The highest BCUT2D eigenvalue weighted by Gasteiger charge is 2.19. The molecule has 1 atom stereocenters. The number of hydrogen-bond donors (Lipinski definition) is 0. The molecule has 0 rings (SSSR count). The standard InChI is InChI=1S/C70H114O6/c1-4-7-10-13-16-19-21-23-25-27-29-31-33-34-35-36-38-39-41-43-45-47-49-51-54-57-60-63-69(72)75-66-67(65-74-68(71)62-59-56-53-18-15-12-9-6-3)76-70(73)64-61-58-55-52-50-48-46-44-42-40-37-32-30-28-26-24-22-20-17-14-11-8-5-2/h7,10,16,19,22-25,28-31,34-35,37-40,43,45,49,51,67H,4-6,8-9,11-15,17-18,20-21,26-27,32-33,36,41-42,44,46-48,50,52-66H2,1-3H3/b10-7-,19-16-,24-22-,25-23-,30-28-,31-29-,35-34-,39-38-,40-37-,45-43-,51-49-. The molecule has 0 saturated carbocycles. The molecule has 0 radical (unpaired) electrons. The van der Waals surface area contributed by atoms with Gasteiger partial charge in [0.2, 0.25) is 0 Å². The average Bonchev–Trinajstić information content (AvgIpc) is 3.42. The number of rotatable bonds is 55. The van der Waals surface area contributed by atoms with E-state index in [1.165, 1.54) is 103 Å². The van der Waals surface area contributed by atoms with E-state index in [0.29, 0.717) is 25.7 Å². The zero-order chi connectivity index (χ0) is 55.0. The summed E-state index contributed by atoms with van der Waals surface area (Å²) in [6.45, 7) is 6.44. The van der Waals surface area contributed by atoms with Gasteiger partial charge in [-0.2, -0.15) is 0 Å². The average molecular weight is 1050 g/mol. The molecule has 0 aliphatic rings. The Morgan fingerprint density at radius 2 is 0.513 bits per heavy atom. The SMILES string of the molecule is CC/C=C\C/C=C\C/C=C\C/C=C\C/C=C\C/C=C\C/C=C\C/C=C\CCCCC(=O)OCC(COC(=O)CCCCCCCCCC)OC(=O)CCCCCCCCCC/C=C\C/C=C\C/C=C\CCCCCCC. The maximum absolute atomic E-state index is 12.9. The van der Waals surface area contributed by atoms with E-state index in [2.05, 4.69) is 154 Å². The lowest BCUT2D eigenvalue weighted by atomic mass is 10.1. The number of allylic oxidation sites excluding steroid dienone is 22.